The van der Waals surface area contributed by atoms with Crippen LogP contribution in [-0.2, 0) is 6.18 Å². The van der Waals surface area contributed by atoms with Gasteiger partial charge < -0.3 is 15.1 Å². The van der Waals surface area contributed by atoms with Crippen LogP contribution in [0.2, 0.25) is 5.02 Å². The lowest BCUT2D eigenvalue weighted by atomic mass is 10.3. The smallest absolute Gasteiger partial charge is 0.345 e. The zero-order valence-corrected chi connectivity index (χ0v) is 15.4. The molecular formula is C14H12ClF4N5S2. The van der Waals surface area contributed by atoms with Crippen molar-refractivity contribution in [3.05, 3.63) is 34.0 Å². The van der Waals surface area contributed by atoms with Gasteiger partial charge in [-0.1, -0.05) is 22.9 Å². The number of piperazine rings is 1. The molecule has 1 aromatic carbocycles. The predicted octanol–water partition coefficient (Wildman–Crippen LogP) is 3.87. The van der Waals surface area contributed by atoms with Crippen LogP contribution in [0.5, 0.6) is 0 Å². The van der Waals surface area contributed by atoms with Crippen LogP contribution in [0.1, 0.15) is 5.01 Å². The van der Waals surface area contributed by atoms with Crippen molar-refractivity contribution in [2.75, 3.05) is 36.4 Å². The fourth-order valence-corrected chi connectivity index (χ4v) is 3.52. The first-order valence-corrected chi connectivity index (χ1v) is 9.01. The number of hydrogen-bond donors (Lipinski definition) is 1. The van der Waals surface area contributed by atoms with Crippen molar-refractivity contribution in [3.63, 3.8) is 0 Å². The Morgan fingerprint density at radius 3 is 2.46 bits per heavy atom. The van der Waals surface area contributed by atoms with Crippen molar-refractivity contribution >= 4 is 51.1 Å². The molecule has 1 aliphatic rings. The summed E-state index contributed by atoms with van der Waals surface area (Å²) in [5, 5.41) is 9.42. The van der Waals surface area contributed by atoms with Crippen LogP contribution in [0.4, 0.5) is 28.4 Å². The van der Waals surface area contributed by atoms with Crippen LogP contribution >= 0.6 is 35.2 Å². The molecule has 12 heteroatoms. The number of nitrogens with zero attached hydrogens (tertiary/aromatic N) is 4. The first kappa shape index (κ1) is 19.1. The molecule has 1 N–H and O–H groups in total. The van der Waals surface area contributed by atoms with E-state index in [1.807, 2.05) is 4.90 Å². The van der Waals surface area contributed by atoms with E-state index < -0.39 is 17.0 Å². The molecule has 5 nitrogen and oxygen atoms in total. The Hall–Kier alpha value is -1.72. The predicted molar refractivity (Wildman–Crippen MR) is 96.3 cm³/mol. The Labute approximate surface area is 160 Å². The third-order valence-electron chi connectivity index (χ3n) is 3.67. The van der Waals surface area contributed by atoms with Gasteiger partial charge in [-0.05, 0) is 30.4 Å². The number of aromatic nitrogens is 2. The molecule has 1 saturated heterocycles. The Morgan fingerprint density at radius 2 is 1.88 bits per heavy atom. The SMILES string of the molecule is Fc1cc(NC(=S)N2CCN(c3nnc(C(F)(F)F)s3)CC2)ccc1Cl. The molecule has 0 spiro atoms. The van der Waals surface area contributed by atoms with E-state index in [2.05, 4.69) is 15.5 Å². The Kier molecular flexibility index (Phi) is 5.49. The third-order valence-corrected chi connectivity index (χ3v) is 5.36. The van der Waals surface area contributed by atoms with E-state index in [0.29, 0.717) is 48.3 Å². The van der Waals surface area contributed by atoms with Crippen LogP contribution in [0.25, 0.3) is 0 Å². The second-order valence-electron chi connectivity index (χ2n) is 5.42. The first-order valence-electron chi connectivity index (χ1n) is 7.40. The summed E-state index contributed by atoms with van der Waals surface area (Å²) < 4.78 is 51.3. The van der Waals surface area contributed by atoms with Gasteiger partial charge in [0, 0.05) is 31.9 Å². The van der Waals surface area contributed by atoms with Gasteiger partial charge >= 0.3 is 6.18 Å². The highest BCUT2D eigenvalue weighted by Gasteiger charge is 2.36. The van der Waals surface area contributed by atoms with E-state index in [-0.39, 0.29) is 10.2 Å². The number of anilines is 2. The summed E-state index contributed by atoms with van der Waals surface area (Å²) in [4.78, 5) is 3.58. The molecule has 1 fully saturated rings. The molecule has 0 radical (unpaired) electrons. The highest BCUT2D eigenvalue weighted by molar-refractivity contribution is 7.80. The zero-order chi connectivity index (χ0) is 18.9. The topological polar surface area (TPSA) is 44.3 Å². The van der Waals surface area contributed by atoms with Gasteiger partial charge in [-0.2, -0.15) is 13.2 Å². The summed E-state index contributed by atoms with van der Waals surface area (Å²) in [5.74, 6) is -0.555. The van der Waals surface area contributed by atoms with Gasteiger partial charge in [-0.15, -0.1) is 10.2 Å². The molecule has 1 aliphatic heterocycles. The van der Waals surface area contributed by atoms with E-state index >= 15 is 0 Å². The van der Waals surface area contributed by atoms with Crippen LogP contribution in [-0.4, -0.2) is 46.4 Å². The molecule has 0 bridgehead atoms. The molecule has 1 aromatic heterocycles. The molecule has 3 rings (SSSR count). The molecule has 0 saturated carbocycles. The fraction of sp³-hybridized carbons (Fsp3) is 0.357. The monoisotopic (exact) mass is 425 g/mol. The Morgan fingerprint density at radius 1 is 1.19 bits per heavy atom. The minimum atomic E-state index is -4.49. The average Bonchev–Trinajstić information content (AvgIpc) is 3.09. The zero-order valence-electron chi connectivity index (χ0n) is 13.1. The van der Waals surface area contributed by atoms with E-state index in [9.17, 15) is 17.6 Å². The number of hydrogen-bond acceptors (Lipinski definition) is 5. The van der Waals surface area contributed by atoms with Crippen LogP contribution < -0.4 is 10.2 Å². The number of benzene rings is 1. The van der Waals surface area contributed by atoms with Crippen molar-refractivity contribution in [3.8, 4) is 0 Å². The summed E-state index contributed by atoms with van der Waals surface area (Å²) in [5.41, 5.74) is 0.471. The van der Waals surface area contributed by atoms with E-state index in [1.165, 1.54) is 12.1 Å². The first-order chi connectivity index (χ1) is 12.2. The fourth-order valence-electron chi connectivity index (χ4n) is 2.34. The molecule has 140 valence electrons. The molecule has 2 aromatic rings. The second-order valence-corrected chi connectivity index (χ2v) is 7.17. The lowest BCUT2D eigenvalue weighted by Gasteiger charge is -2.35. The van der Waals surface area contributed by atoms with Gasteiger partial charge in [0.25, 0.3) is 0 Å². The van der Waals surface area contributed by atoms with Crippen LogP contribution in [0.15, 0.2) is 18.2 Å². The molecule has 0 unspecified atom stereocenters. The quantitative estimate of drug-likeness (QED) is 0.582. The summed E-state index contributed by atoms with van der Waals surface area (Å²) in [6, 6.07) is 4.27. The molecule has 0 amide bonds. The summed E-state index contributed by atoms with van der Waals surface area (Å²) in [6.45, 7) is 1.87. The van der Waals surface area contributed by atoms with E-state index in [1.54, 1.807) is 11.0 Å². The van der Waals surface area contributed by atoms with E-state index in [4.69, 9.17) is 23.8 Å². The largest absolute Gasteiger partial charge is 0.445 e. The van der Waals surface area contributed by atoms with Gasteiger partial charge in [-0.3, -0.25) is 0 Å². The van der Waals surface area contributed by atoms with Gasteiger partial charge in [-0.25, -0.2) is 4.39 Å². The number of thiocarbonyl (C=S) groups is 1. The minimum absolute atomic E-state index is 0.0189. The van der Waals surface area contributed by atoms with Gasteiger partial charge in [0.15, 0.2) is 5.11 Å². The molecule has 0 atom stereocenters. The van der Waals surface area contributed by atoms with Crippen LogP contribution in [0.3, 0.4) is 0 Å². The average molecular weight is 426 g/mol. The third kappa shape index (κ3) is 4.33. The summed E-state index contributed by atoms with van der Waals surface area (Å²) >= 11 is 11.5. The van der Waals surface area contributed by atoms with Gasteiger partial charge in [0.05, 0.1) is 5.02 Å². The molecule has 2 heterocycles. The minimum Gasteiger partial charge on any atom is -0.345 e. The van der Waals surface area contributed by atoms with Crippen molar-refractivity contribution in [1.82, 2.24) is 15.1 Å². The van der Waals surface area contributed by atoms with Crippen molar-refractivity contribution in [2.24, 2.45) is 0 Å². The number of nitrogens with one attached hydrogen (secondary N) is 1. The lowest BCUT2D eigenvalue weighted by molar-refractivity contribution is -0.138. The number of alkyl halides is 3. The maximum Gasteiger partial charge on any atom is 0.445 e. The maximum absolute atomic E-state index is 13.5. The second kappa shape index (κ2) is 7.49. The molecule has 26 heavy (non-hydrogen) atoms. The van der Waals surface area contributed by atoms with Gasteiger partial charge in [0.1, 0.15) is 5.82 Å². The summed E-state index contributed by atoms with van der Waals surface area (Å²) in [7, 11) is 0. The van der Waals surface area contributed by atoms with Crippen molar-refractivity contribution < 1.29 is 17.6 Å². The highest BCUT2D eigenvalue weighted by atomic mass is 35.5. The number of rotatable bonds is 2. The normalized spacial score (nSPS) is 15.3. The van der Waals surface area contributed by atoms with Crippen LogP contribution in [0, 0.1) is 5.82 Å². The maximum atomic E-state index is 13.5. The number of halogens is 5. The lowest BCUT2D eigenvalue weighted by Crippen LogP contribution is -2.50. The molecular weight excluding hydrogens is 414 g/mol. The summed E-state index contributed by atoms with van der Waals surface area (Å²) in [6.07, 6.45) is -4.49. The standard InChI is InChI=1S/C14H12ClF4N5S2/c15-9-2-1-8(7-10(9)16)20-12(25)23-3-5-24(6-4-23)13-22-21-11(26-13)14(17,18)19/h1-2,7H,3-6H2,(H,20,25). The Balaban J connectivity index is 1.57. The van der Waals surface area contributed by atoms with Gasteiger partial charge in [0.2, 0.25) is 10.1 Å². The molecule has 0 aliphatic carbocycles. The highest BCUT2D eigenvalue weighted by Crippen LogP contribution is 2.34. The van der Waals surface area contributed by atoms with Crippen molar-refractivity contribution in [2.45, 2.75) is 6.18 Å². The van der Waals surface area contributed by atoms with Crippen molar-refractivity contribution in [1.29, 1.82) is 0 Å². The Bertz CT molecular complexity index is 805. The van der Waals surface area contributed by atoms with E-state index in [0.717, 1.165) is 0 Å².